The fraction of sp³-hybridized carbons (Fsp3) is 0.731. The minimum absolute atomic E-state index is 0.0455. The number of unbranched alkanes of at least 4 members (excludes halogenated alkanes) is 7. The Morgan fingerprint density at radius 2 is 1.74 bits per heavy atom. The molecule has 0 radical (unpaired) electrons. The number of rotatable bonds is 13. The van der Waals surface area contributed by atoms with E-state index in [-0.39, 0.29) is 18.3 Å². The summed E-state index contributed by atoms with van der Waals surface area (Å²) in [6, 6.07) is -0.488. The van der Waals surface area contributed by atoms with E-state index < -0.39 is 35.9 Å². The molecule has 0 aromatic carbocycles. The molecule has 0 saturated carbocycles. The SMILES string of the molecule is CO[C@@H](C(=O)N1C(=O)OC(C)(C)[C@H]1C(C)C)[C@H]1OC(=CCCCCCCCCCO)C=CC1=O. The van der Waals surface area contributed by atoms with Crippen LogP contribution in [0.5, 0.6) is 0 Å². The second-order valence-electron chi connectivity index (χ2n) is 9.89. The lowest BCUT2D eigenvalue weighted by Gasteiger charge is -2.34. The van der Waals surface area contributed by atoms with E-state index in [1.807, 2.05) is 19.9 Å². The number of aliphatic hydroxyl groups is 1. The molecule has 8 heteroatoms. The van der Waals surface area contributed by atoms with E-state index >= 15 is 0 Å². The van der Waals surface area contributed by atoms with E-state index in [0.717, 1.165) is 56.3 Å². The van der Waals surface area contributed by atoms with Crippen LogP contribution in [0.15, 0.2) is 24.0 Å². The van der Waals surface area contributed by atoms with Gasteiger partial charge in [-0.25, -0.2) is 9.69 Å². The molecule has 1 fully saturated rings. The third-order valence-corrected chi connectivity index (χ3v) is 6.34. The first-order chi connectivity index (χ1) is 16.1. The molecule has 2 aliphatic rings. The van der Waals surface area contributed by atoms with Crippen LogP contribution in [0.3, 0.4) is 0 Å². The van der Waals surface area contributed by atoms with Crippen LogP contribution in [0.25, 0.3) is 0 Å². The number of ketones is 1. The minimum atomic E-state index is -1.26. The van der Waals surface area contributed by atoms with Crippen LogP contribution in [0, 0.1) is 5.92 Å². The Kier molecular flexibility index (Phi) is 10.8. The summed E-state index contributed by atoms with van der Waals surface area (Å²) in [6.45, 7) is 7.63. The molecule has 2 amide bonds. The number of carbonyl (C=O) groups is 3. The molecule has 0 spiro atoms. The van der Waals surface area contributed by atoms with Gasteiger partial charge in [-0.15, -0.1) is 0 Å². The highest BCUT2D eigenvalue weighted by Gasteiger charge is 2.54. The maximum absolute atomic E-state index is 13.4. The van der Waals surface area contributed by atoms with Crippen molar-refractivity contribution in [3.8, 4) is 0 Å². The molecule has 0 aromatic heterocycles. The summed E-state index contributed by atoms with van der Waals surface area (Å²) in [5.41, 5.74) is -0.847. The highest BCUT2D eigenvalue weighted by molar-refractivity contribution is 6.03. The number of methoxy groups -OCH3 is 1. The van der Waals surface area contributed by atoms with Crippen LogP contribution in [-0.2, 0) is 23.8 Å². The molecule has 2 heterocycles. The zero-order valence-corrected chi connectivity index (χ0v) is 21.2. The lowest BCUT2D eigenvalue weighted by Crippen LogP contribution is -2.55. The number of hydrogen-bond donors (Lipinski definition) is 1. The number of carbonyl (C=O) groups excluding carboxylic acids is 3. The molecule has 3 atom stereocenters. The van der Waals surface area contributed by atoms with E-state index in [1.54, 1.807) is 19.9 Å². The van der Waals surface area contributed by atoms with Gasteiger partial charge >= 0.3 is 6.09 Å². The van der Waals surface area contributed by atoms with Gasteiger partial charge in [0.1, 0.15) is 11.4 Å². The Balaban J connectivity index is 1.98. The number of hydrogen-bond acceptors (Lipinski definition) is 7. The predicted octanol–water partition coefficient (Wildman–Crippen LogP) is 4.30. The van der Waals surface area contributed by atoms with Gasteiger partial charge in [0.25, 0.3) is 5.91 Å². The third-order valence-electron chi connectivity index (χ3n) is 6.34. The van der Waals surface area contributed by atoms with Crippen LogP contribution in [0.2, 0.25) is 0 Å². The third kappa shape index (κ3) is 7.15. The fourth-order valence-corrected chi connectivity index (χ4v) is 4.79. The van der Waals surface area contributed by atoms with E-state index in [2.05, 4.69) is 0 Å². The summed E-state index contributed by atoms with van der Waals surface area (Å²) < 4.78 is 16.7. The molecule has 0 bridgehead atoms. The summed E-state index contributed by atoms with van der Waals surface area (Å²) in [7, 11) is 1.33. The van der Waals surface area contributed by atoms with Crippen LogP contribution in [0.4, 0.5) is 4.79 Å². The minimum Gasteiger partial charge on any atom is -0.479 e. The Hall–Kier alpha value is -2.19. The second kappa shape index (κ2) is 13.0. The van der Waals surface area contributed by atoms with Crippen molar-refractivity contribution in [3.05, 3.63) is 24.0 Å². The zero-order valence-electron chi connectivity index (χ0n) is 21.2. The number of cyclic esters (lactones) is 1. The lowest BCUT2D eigenvalue weighted by molar-refractivity contribution is -0.154. The smallest absolute Gasteiger partial charge is 0.417 e. The maximum atomic E-state index is 13.4. The van der Waals surface area contributed by atoms with E-state index in [4.69, 9.17) is 19.3 Å². The van der Waals surface area contributed by atoms with Gasteiger partial charge in [-0.3, -0.25) is 9.59 Å². The maximum Gasteiger partial charge on any atom is 0.417 e. The molecule has 0 aliphatic carbocycles. The first-order valence-corrected chi connectivity index (χ1v) is 12.4. The van der Waals surface area contributed by atoms with Gasteiger partial charge in [-0.05, 0) is 57.3 Å². The molecule has 1 N–H and O–H groups in total. The van der Waals surface area contributed by atoms with Crippen LogP contribution >= 0.6 is 0 Å². The van der Waals surface area contributed by atoms with E-state index in [0.29, 0.717) is 5.76 Å². The summed E-state index contributed by atoms with van der Waals surface area (Å²) >= 11 is 0. The summed E-state index contributed by atoms with van der Waals surface area (Å²) in [5, 5.41) is 8.80. The standard InChI is InChI=1S/C26H41NO7/c1-18(2)23-26(3,4)34-25(31)27(23)24(30)22(32-5)21-20(29)16-15-19(33-21)14-12-10-8-6-7-9-11-13-17-28/h14-16,18,21-23,28H,6-13,17H2,1-5H3/t21-,22+,23+/m0/s1. The lowest BCUT2D eigenvalue weighted by atomic mass is 9.88. The first-order valence-electron chi connectivity index (χ1n) is 12.4. The monoisotopic (exact) mass is 479 g/mol. The second-order valence-corrected chi connectivity index (χ2v) is 9.89. The molecule has 34 heavy (non-hydrogen) atoms. The largest absolute Gasteiger partial charge is 0.479 e. The normalized spacial score (nSPS) is 24.0. The molecule has 0 unspecified atom stereocenters. The Bertz CT molecular complexity index is 771. The fourth-order valence-electron chi connectivity index (χ4n) is 4.79. The van der Waals surface area contributed by atoms with Crippen molar-refractivity contribution in [1.82, 2.24) is 4.90 Å². The summed E-state index contributed by atoms with van der Waals surface area (Å²) in [5.74, 6) is -0.540. The van der Waals surface area contributed by atoms with Gasteiger partial charge in [0.15, 0.2) is 18.0 Å². The first kappa shape index (κ1) is 28.1. The van der Waals surface area contributed by atoms with Crippen molar-refractivity contribution < 1.29 is 33.7 Å². The van der Waals surface area contributed by atoms with Gasteiger partial charge in [0, 0.05) is 13.7 Å². The number of nitrogens with zero attached hydrogens (tertiary/aromatic N) is 1. The summed E-state index contributed by atoms with van der Waals surface area (Å²) in [6.07, 6.45) is 10.0. The highest BCUT2D eigenvalue weighted by atomic mass is 16.6. The summed E-state index contributed by atoms with van der Waals surface area (Å²) in [4.78, 5) is 39.6. The van der Waals surface area contributed by atoms with Gasteiger partial charge in [-0.1, -0.05) is 46.0 Å². The van der Waals surface area contributed by atoms with Crippen molar-refractivity contribution in [2.75, 3.05) is 13.7 Å². The van der Waals surface area contributed by atoms with E-state index in [9.17, 15) is 14.4 Å². The predicted molar refractivity (Wildman–Crippen MR) is 128 cm³/mol. The number of ether oxygens (including phenoxy) is 3. The Morgan fingerprint density at radius 1 is 1.12 bits per heavy atom. The molecule has 0 aromatic rings. The molecule has 2 rings (SSSR count). The molecule has 192 valence electrons. The van der Waals surface area contributed by atoms with Crippen LogP contribution in [-0.4, -0.2) is 65.4 Å². The number of allylic oxidation sites excluding steroid dienone is 2. The zero-order chi connectivity index (χ0) is 25.3. The van der Waals surface area contributed by atoms with Gasteiger partial charge in [-0.2, -0.15) is 0 Å². The molecule has 1 saturated heterocycles. The van der Waals surface area contributed by atoms with Gasteiger partial charge in [0.05, 0.1) is 6.04 Å². The van der Waals surface area contributed by atoms with Gasteiger partial charge < -0.3 is 19.3 Å². The number of imide groups is 1. The van der Waals surface area contributed by atoms with Crippen LogP contribution < -0.4 is 0 Å². The van der Waals surface area contributed by atoms with E-state index in [1.165, 1.54) is 13.2 Å². The van der Waals surface area contributed by atoms with Gasteiger partial charge in [0.2, 0.25) is 0 Å². The average Bonchev–Trinajstić information content (AvgIpc) is 3.03. The quantitative estimate of drug-likeness (QED) is 0.393. The molecular formula is C26H41NO7. The average molecular weight is 480 g/mol. The molecule has 8 nitrogen and oxygen atoms in total. The number of amides is 2. The van der Waals surface area contributed by atoms with Crippen molar-refractivity contribution in [2.45, 2.75) is 103 Å². The topological polar surface area (TPSA) is 102 Å². The van der Waals surface area contributed by atoms with Crippen molar-refractivity contribution in [1.29, 1.82) is 0 Å². The Labute approximate surface area is 203 Å². The van der Waals surface area contributed by atoms with Crippen molar-refractivity contribution in [3.63, 3.8) is 0 Å². The molecular weight excluding hydrogens is 438 g/mol. The Morgan fingerprint density at radius 3 is 2.32 bits per heavy atom. The molecule has 2 aliphatic heterocycles. The van der Waals surface area contributed by atoms with Crippen molar-refractivity contribution >= 4 is 17.8 Å². The van der Waals surface area contributed by atoms with Crippen LogP contribution in [0.1, 0.15) is 79.1 Å². The van der Waals surface area contributed by atoms with Crippen molar-refractivity contribution in [2.24, 2.45) is 5.92 Å². The number of aliphatic hydroxyl groups excluding tert-OH is 1. The highest BCUT2D eigenvalue weighted by Crippen LogP contribution is 2.35.